The highest BCUT2D eigenvalue weighted by molar-refractivity contribution is 7.89. The number of methoxy groups -OCH3 is 1. The molecule has 3 heterocycles. The number of sulfonamides is 1. The van der Waals surface area contributed by atoms with Crippen molar-refractivity contribution in [1.82, 2.24) is 34.2 Å². The van der Waals surface area contributed by atoms with Crippen LogP contribution in [0, 0.1) is 6.92 Å². The van der Waals surface area contributed by atoms with Gasteiger partial charge in [0.2, 0.25) is 0 Å². The third-order valence-corrected chi connectivity index (χ3v) is 6.57. The zero-order chi connectivity index (χ0) is 20.3. The van der Waals surface area contributed by atoms with E-state index in [-0.39, 0.29) is 22.7 Å². The van der Waals surface area contributed by atoms with Crippen LogP contribution in [0.2, 0.25) is 0 Å². The van der Waals surface area contributed by atoms with Crippen LogP contribution in [0.5, 0.6) is 0 Å². The lowest BCUT2D eigenvalue weighted by Crippen LogP contribution is -2.38. The Kier molecular flexibility index (Phi) is 6.10. The van der Waals surface area contributed by atoms with Crippen molar-refractivity contribution < 1.29 is 17.9 Å². The molecule has 0 bridgehead atoms. The second kappa shape index (κ2) is 8.37. The number of aromatic nitrogens is 5. The van der Waals surface area contributed by atoms with Gasteiger partial charge in [0.25, 0.3) is 15.9 Å². The molecule has 1 atom stereocenters. The topological polar surface area (TPSA) is 124 Å². The highest BCUT2D eigenvalue weighted by Crippen LogP contribution is 2.26. The first kappa shape index (κ1) is 20.4. The fourth-order valence-electron chi connectivity index (χ4n) is 3.14. The molecule has 3 rings (SSSR count). The van der Waals surface area contributed by atoms with Gasteiger partial charge in [-0.3, -0.25) is 9.48 Å². The summed E-state index contributed by atoms with van der Waals surface area (Å²) in [7, 11) is -0.374. The average Bonchev–Trinajstić information content (AvgIpc) is 3.37. The van der Waals surface area contributed by atoms with E-state index in [1.807, 2.05) is 0 Å². The number of amides is 1. The van der Waals surface area contributed by atoms with Crippen molar-refractivity contribution in [3.8, 4) is 0 Å². The molecule has 0 saturated carbocycles. The van der Waals surface area contributed by atoms with Gasteiger partial charge in [0, 0.05) is 39.5 Å². The van der Waals surface area contributed by atoms with Crippen LogP contribution < -0.4 is 5.32 Å². The van der Waals surface area contributed by atoms with Gasteiger partial charge in [-0.2, -0.15) is 4.31 Å². The maximum absolute atomic E-state index is 13.0. The average molecular weight is 411 g/mol. The van der Waals surface area contributed by atoms with Crippen molar-refractivity contribution in [2.45, 2.75) is 37.4 Å². The summed E-state index contributed by atoms with van der Waals surface area (Å²) >= 11 is 0. The molecule has 12 heteroatoms. The molecule has 11 nitrogen and oxygen atoms in total. The Labute approximate surface area is 163 Å². The number of hydrogen-bond acceptors (Lipinski definition) is 7. The number of nitrogens with zero attached hydrogens (tertiary/aromatic N) is 6. The van der Waals surface area contributed by atoms with E-state index in [2.05, 4.69) is 20.6 Å². The molecule has 154 valence electrons. The summed E-state index contributed by atoms with van der Waals surface area (Å²) in [5.74, 6) is 0.290. The number of carbonyl (C=O) groups is 1. The number of nitrogens with one attached hydrogen (secondary N) is 1. The van der Waals surface area contributed by atoms with Gasteiger partial charge in [-0.1, -0.05) is 5.21 Å². The van der Waals surface area contributed by atoms with Gasteiger partial charge in [-0.25, -0.2) is 13.4 Å². The smallest absolute Gasteiger partial charge is 0.273 e. The number of aryl methyl sites for hydroxylation is 2. The molecular formula is C16H25N7O4S. The summed E-state index contributed by atoms with van der Waals surface area (Å²) in [6, 6.07) is -0.265. The number of imidazole rings is 1. The van der Waals surface area contributed by atoms with E-state index >= 15 is 0 Å². The monoisotopic (exact) mass is 411 g/mol. The molecular weight excluding hydrogens is 386 g/mol. The molecule has 2 aromatic rings. The lowest BCUT2D eigenvalue weighted by Gasteiger charge is -2.22. The SMILES string of the molecule is COCCNC(=O)c1cn(C[C@@H]2CCCN2S(=O)(=O)c2cn(C)c(C)n2)nn1. The van der Waals surface area contributed by atoms with Crippen LogP contribution in [0.4, 0.5) is 0 Å². The first-order valence-electron chi connectivity index (χ1n) is 9.02. The van der Waals surface area contributed by atoms with E-state index in [4.69, 9.17) is 4.74 Å². The molecule has 0 aliphatic carbocycles. The molecule has 28 heavy (non-hydrogen) atoms. The largest absolute Gasteiger partial charge is 0.383 e. The molecule has 1 fully saturated rings. The minimum absolute atomic E-state index is 0.0520. The van der Waals surface area contributed by atoms with E-state index < -0.39 is 10.0 Å². The lowest BCUT2D eigenvalue weighted by atomic mass is 10.2. The first-order valence-corrected chi connectivity index (χ1v) is 10.5. The van der Waals surface area contributed by atoms with Gasteiger partial charge < -0.3 is 14.6 Å². The molecule has 0 spiro atoms. The standard InChI is InChI=1S/C16H25N7O4S/c1-12-18-15(11-21(12)2)28(25,26)23-7-4-5-13(23)9-22-10-14(19-20-22)16(24)17-6-8-27-3/h10-11,13H,4-9H2,1-3H3,(H,17,24)/t13-/m0/s1. The quantitative estimate of drug-likeness (QED) is 0.583. The van der Waals surface area contributed by atoms with Crippen LogP contribution in [-0.2, 0) is 28.4 Å². The summed E-state index contributed by atoms with van der Waals surface area (Å²) in [6.45, 7) is 3.29. The van der Waals surface area contributed by atoms with Crippen molar-refractivity contribution in [1.29, 1.82) is 0 Å². The number of rotatable bonds is 8. The Morgan fingerprint density at radius 1 is 1.39 bits per heavy atom. The van der Waals surface area contributed by atoms with Gasteiger partial charge in [-0.15, -0.1) is 5.10 Å². The van der Waals surface area contributed by atoms with Crippen LogP contribution in [0.3, 0.4) is 0 Å². The third-order valence-electron chi connectivity index (χ3n) is 4.74. The summed E-state index contributed by atoms with van der Waals surface area (Å²) in [4.78, 5) is 16.2. The van der Waals surface area contributed by atoms with Crippen molar-refractivity contribution in [2.24, 2.45) is 7.05 Å². The Bertz CT molecular complexity index is 917. The Morgan fingerprint density at radius 2 is 2.18 bits per heavy atom. The summed E-state index contributed by atoms with van der Waals surface area (Å²) in [5, 5.41) is 10.6. The molecule has 0 aromatic carbocycles. The zero-order valence-corrected chi connectivity index (χ0v) is 17.0. The van der Waals surface area contributed by atoms with Crippen molar-refractivity contribution >= 4 is 15.9 Å². The van der Waals surface area contributed by atoms with E-state index in [0.717, 1.165) is 6.42 Å². The highest BCUT2D eigenvalue weighted by atomic mass is 32.2. The van der Waals surface area contributed by atoms with Crippen LogP contribution in [0.1, 0.15) is 29.2 Å². The fourth-order valence-corrected chi connectivity index (χ4v) is 4.86. The molecule has 1 aliphatic heterocycles. The minimum atomic E-state index is -3.69. The predicted octanol–water partition coefficient (Wildman–Crippen LogP) is -0.450. The molecule has 1 saturated heterocycles. The molecule has 0 unspecified atom stereocenters. The molecule has 0 radical (unpaired) electrons. The minimum Gasteiger partial charge on any atom is -0.383 e. The second-order valence-electron chi connectivity index (χ2n) is 6.72. The van der Waals surface area contributed by atoms with Gasteiger partial charge in [0.05, 0.1) is 19.3 Å². The maximum Gasteiger partial charge on any atom is 0.273 e. The maximum atomic E-state index is 13.0. The predicted molar refractivity (Wildman–Crippen MR) is 99.1 cm³/mol. The van der Waals surface area contributed by atoms with E-state index in [1.54, 1.807) is 25.6 Å². The molecule has 2 aromatic heterocycles. The van der Waals surface area contributed by atoms with Gasteiger partial charge >= 0.3 is 0 Å². The summed E-state index contributed by atoms with van der Waals surface area (Å²) in [6.07, 6.45) is 4.52. The van der Waals surface area contributed by atoms with Crippen LogP contribution in [0.25, 0.3) is 0 Å². The zero-order valence-electron chi connectivity index (χ0n) is 16.2. The van der Waals surface area contributed by atoms with Crippen LogP contribution >= 0.6 is 0 Å². The summed E-state index contributed by atoms with van der Waals surface area (Å²) < 4.78 is 35.5. The van der Waals surface area contributed by atoms with Gasteiger partial charge in [0.1, 0.15) is 5.82 Å². The summed E-state index contributed by atoms with van der Waals surface area (Å²) in [5.41, 5.74) is 0.184. The molecule has 1 aliphatic rings. The number of hydrogen-bond donors (Lipinski definition) is 1. The lowest BCUT2D eigenvalue weighted by molar-refractivity contribution is 0.0932. The van der Waals surface area contributed by atoms with Crippen molar-refractivity contribution in [3.63, 3.8) is 0 Å². The Balaban J connectivity index is 1.69. The van der Waals surface area contributed by atoms with Gasteiger partial charge in [-0.05, 0) is 19.8 Å². The second-order valence-corrected chi connectivity index (χ2v) is 8.56. The third kappa shape index (κ3) is 4.23. The molecule has 1 amide bonds. The number of carbonyl (C=O) groups excluding carboxylic acids is 1. The highest BCUT2D eigenvalue weighted by Gasteiger charge is 2.37. The van der Waals surface area contributed by atoms with Crippen LogP contribution in [0.15, 0.2) is 17.4 Å². The van der Waals surface area contributed by atoms with Crippen LogP contribution in [-0.4, -0.2) is 76.0 Å². The van der Waals surface area contributed by atoms with Crippen molar-refractivity contribution in [2.75, 3.05) is 26.8 Å². The molecule has 1 N–H and O–H groups in total. The Hall–Kier alpha value is -2.31. The fraction of sp³-hybridized carbons (Fsp3) is 0.625. The Morgan fingerprint density at radius 3 is 2.86 bits per heavy atom. The number of ether oxygens (including phenoxy) is 1. The van der Waals surface area contributed by atoms with E-state index in [1.165, 1.54) is 21.4 Å². The normalized spacial score (nSPS) is 17.9. The van der Waals surface area contributed by atoms with E-state index in [9.17, 15) is 13.2 Å². The van der Waals surface area contributed by atoms with E-state index in [0.29, 0.717) is 38.5 Å². The first-order chi connectivity index (χ1) is 13.3. The van der Waals surface area contributed by atoms with Crippen molar-refractivity contribution in [3.05, 3.63) is 23.9 Å². The van der Waals surface area contributed by atoms with Gasteiger partial charge in [0.15, 0.2) is 10.7 Å².